The van der Waals surface area contributed by atoms with Crippen molar-refractivity contribution in [3.05, 3.63) is 70.5 Å². The lowest BCUT2D eigenvalue weighted by Gasteiger charge is -2.14. The Bertz CT molecular complexity index is 982. The Kier molecular flexibility index (Phi) is 5.60. The molecule has 0 atom stereocenters. The zero-order valence-corrected chi connectivity index (χ0v) is 15.1. The molecule has 0 aliphatic carbocycles. The second-order valence-electron chi connectivity index (χ2n) is 5.86. The van der Waals surface area contributed by atoms with Crippen LogP contribution in [-0.2, 0) is 18.9 Å². The van der Waals surface area contributed by atoms with E-state index >= 15 is 0 Å². The molecule has 0 saturated carbocycles. The zero-order valence-electron chi connectivity index (χ0n) is 14.3. The number of nitrogens with one attached hydrogen (secondary N) is 1. The van der Waals surface area contributed by atoms with E-state index in [1.165, 1.54) is 11.3 Å². The molecule has 0 unspecified atom stereocenters. The Hall–Kier alpha value is -2.95. The predicted octanol–water partition coefficient (Wildman–Crippen LogP) is 5.17. The average molecular weight is 431 g/mol. The van der Waals surface area contributed by atoms with Crippen molar-refractivity contribution >= 4 is 17.2 Å². The van der Waals surface area contributed by atoms with Gasteiger partial charge in [0, 0.05) is 28.9 Å². The number of nitrogens with zero attached hydrogens (tertiary/aromatic N) is 2. The molecule has 0 bridgehead atoms. The first-order valence-corrected chi connectivity index (χ1v) is 8.84. The molecule has 0 radical (unpaired) electrons. The van der Waals surface area contributed by atoms with Crippen LogP contribution in [0.5, 0.6) is 0 Å². The van der Waals surface area contributed by atoms with Gasteiger partial charge >= 0.3 is 12.4 Å². The molecular weight excluding hydrogens is 420 g/mol. The lowest BCUT2D eigenvalue weighted by atomic mass is 10.0. The second-order valence-corrected chi connectivity index (χ2v) is 6.72. The third kappa shape index (κ3) is 5.11. The van der Waals surface area contributed by atoms with Crippen molar-refractivity contribution in [3.8, 4) is 10.6 Å². The Morgan fingerprint density at radius 1 is 1.03 bits per heavy atom. The Morgan fingerprint density at radius 2 is 1.69 bits per heavy atom. The fourth-order valence-corrected chi connectivity index (χ4v) is 3.18. The first kappa shape index (κ1) is 20.8. The molecule has 0 fully saturated rings. The van der Waals surface area contributed by atoms with Gasteiger partial charge in [-0.3, -0.25) is 9.78 Å². The average Bonchev–Trinajstić information content (AvgIpc) is 3.14. The first-order valence-electron chi connectivity index (χ1n) is 7.96. The summed E-state index contributed by atoms with van der Waals surface area (Å²) in [5.41, 5.74) is -2.70. The molecule has 4 nitrogen and oxygen atoms in total. The van der Waals surface area contributed by atoms with E-state index in [9.17, 15) is 31.1 Å². The highest BCUT2D eigenvalue weighted by Crippen LogP contribution is 2.36. The predicted molar refractivity (Wildman–Crippen MR) is 93.0 cm³/mol. The van der Waals surface area contributed by atoms with Gasteiger partial charge in [0.05, 0.1) is 23.4 Å². The van der Waals surface area contributed by atoms with Crippen molar-refractivity contribution in [1.29, 1.82) is 0 Å². The maximum Gasteiger partial charge on any atom is 0.416 e. The van der Waals surface area contributed by atoms with Gasteiger partial charge in [0.1, 0.15) is 5.01 Å². The van der Waals surface area contributed by atoms with E-state index in [4.69, 9.17) is 0 Å². The van der Waals surface area contributed by atoms with Crippen LogP contribution >= 0.6 is 11.3 Å². The van der Waals surface area contributed by atoms with Crippen LogP contribution in [0.25, 0.3) is 10.6 Å². The molecule has 2 heterocycles. The number of benzene rings is 1. The molecule has 152 valence electrons. The van der Waals surface area contributed by atoms with Crippen LogP contribution < -0.4 is 5.32 Å². The van der Waals surface area contributed by atoms with E-state index in [0.717, 1.165) is 5.56 Å². The van der Waals surface area contributed by atoms with Gasteiger partial charge < -0.3 is 5.32 Å². The quantitative estimate of drug-likeness (QED) is 0.580. The van der Waals surface area contributed by atoms with Gasteiger partial charge in [0.2, 0.25) is 0 Å². The number of carbonyl (C=O) groups is 1. The molecule has 1 aromatic carbocycles. The number of hydrogen-bond acceptors (Lipinski definition) is 4. The highest BCUT2D eigenvalue weighted by Gasteiger charge is 2.37. The minimum atomic E-state index is -5.02. The van der Waals surface area contributed by atoms with Crippen molar-refractivity contribution < 1.29 is 31.1 Å². The zero-order chi connectivity index (χ0) is 21.2. The lowest BCUT2D eigenvalue weighted by molar-refractivity contribution is -0.143. The number of alkyl halides is 6. The number of pyridine rings is 1. The summed E-state index contributed by atoms with van der Waals surface area (Å²) in [4.78, 5) is 20.4. The number of carbonyl (C=O) groups excluding carboxylic acids is 1. The molecular formula is C18H11F6N3OS. The van der Waals surface area contributed by atoms with Crippen molar-refractivity contribution in [2.24, 2.45) is 0 Å². The van der Waals surface area contributed by atoms with E-state index in [2.05, 4.69) is 15.3 Å². The minimum absolute atomic E-state index is 0.0304. The van der Waals surface area contributed by atoms with Gasteiger partial charge in [-0.15, -0.1) is 11.3 Å². The molecule has 3 rings (SSSR count). The molecule has 2 aromatic heterocycles. The topological polar surface area (TPSA) is 54.9 Å². The summed E-state index contributed by atoms with van der Waals surface area (Å²) in [6, 6.07) is 4.22. The molecule has 3 aromatic rings. The van der Waals surface area contributed by atoms with Gasteiger partial charge in [0.15, 0.2) is 0 Å². The lowest BCUT2D eigenvalue weighted by Crippen LogP contribution is -2.24. The molecule has 0 spiro atoms. The molecule has 0 aliphatic rings. The smallest absolute Gasteiger partial charge is 0.346 e. The van der Waals surface area contributed by atoms with Gasteiger partial charge in [-0.25, -0.2) is 4.98 Å². The second kappa shape index (κ2) is 7.82. The molecule has 11 heteroatoms. The normalized spacial score (nSPS) is 12.1. The van der Waals surface area contributed by atoms with E-state index in [1.54, 1.807) is 29.9 Å². The summed E-state index contributed by atoms with van der Waals surface area (Å²) >= 11 is 1.26. The van der Waals surface area contributed by atoms with E-state index in [-0.39, 0.29) is 12.6 Å². The summed E-state index contributed by atoms with van der Waals surface area (Å²) < 4.78 is 77.4. The largest absolute Gasteiger partial charge is 0.416 e. The van der Waals surface area contributed by atoms with Crippen molar-refractivity contribution in [3.63, 3.8) is 0 Å². The summed E-state index contributed by atoms with van der Waals surface area (Å²) in [6.45, 7) is -0.160. The van der Waals surface area contributed by atoms with E-state index in [0.29, 0.717) is 22.8 Å². The molecule has 29 heavy (non-hydrogen) atoms. The molecule has 1 N–H and O–H groups in total. The van der Waals surface area contributed by atoms with Crippen molar-refractivity contribution in [2.75, 3.05) is 0 Å². The maximum atomic E-state index is 12.9. The van der Waals surface area contributed by atoms with E-state index in [1.807, 2.05) is 0 Å². The Labute approximate surface area is 164 Å². The van der Waals surface area contributed by atoms with Gasteiger partial charge in [-0.2, -0.15) is 26.3 Å². The highest BCUT2D eigenvalue weighted by molar-refractivity contribution is 7.13. The summed E-state index contributed by atoms with van der Waals surface area (Å²) in [6.07, 6.45) is -6.88. The Morgan fingerprint density at radius 3 is 2.24 bits per heavy atom. The standard InChI is InChI=1S/C18H11F6N3OS/c19-17(20,21)12-4-11(5-13(6-12)18(22,23)24)15(28)26-8-14-9-29-16(27-14)10-2-1-3-25-7-10/h1-7,9H,8H2,(H,26,28). The van der Waals surface area contributed by atoms with Crippen molar-refractivity contribution in [2.45, 2.75) is 18.9 Å². The third-order valence-corrected chi connectivity index (χ3v) is 4.68. The molecule has 1 amide bonds. The fraction of sp³-hybridized carbons (Fsp3) is 0.167. The van der Waals surface area contributed by atoms with Crippen molar-refractivity contribution in [1.82, 2.24) is 15.3 Å². The van der Waals surface area contributed by atoms with Crippen LogP contribution in [0.3, 0.4) is 0 Å². The van der Waals surface area contributed by atoms with Crippen LogP contribution in [-0.4, -0.2) is 15.9 Å². The van der Waals surface area contributed by atoms with Crippen LogP contribution in [0.1, 0.15) is 27.2 Å². The third-order valence-electron chi connectivity index (χ3n) is 3.74. The van der Waals surface area contributed by atoms with Gasteiger partial charge in [-0.05, 0) is 30.3 Å². The van der Waals surface area contributed by atoms with Gasteiger partial charge in [-0.1, -0.05) is 0 Å². The van der Waals surface area contributed by atoms with E-state index < -0.39 is 35.0 Å². The number of hydrogen-bond donors (Lipinski definition) is 1. The molecule has 0 saturated heterocycles. The van der Waals surface area contributed by atoms with Crippen LogP contribution in [0.2, 0.25) is 0 Å². The maximum absolute atomic E-state index is 12.9. The highest BCUT2D eigenvalue weighted by atomic mass is 32.1. The molecule has 0 aliphatic heterocycles. The minimum Gasteiger partial charge on any atom is -0.346 e. The fourth-order valence-electron chi connectivity index (χ4n) is 2.37. The number of aromatic nitrogens is 2. The summed E-state index contributed by atoms with van der Waals surface area (Å²) in [7, 11) is 0. The van der Waals surface area contributed by atoms with Gasteiger partial charge in [0.25, 0.3) is 5.91 Å². The van der Waals surface area contributed by atoms with Crippen LogP contribution in [0, 0.1) is 0 Å². The number of rotatable bonds is 4. The van der Waals surface area contributed by atoms with Crippen LogP contribution in [0.15, 0.2) is 48.1 Å². The summed E-state index contributed by atoms with van der Waals surface area (Å²) in [5, 5.41) is 4.53. The number of halogens is 6. The SMILES string of the molecule is O=C(NCc1csc(-c2cccnc2)n1)c1cc(C(F)(F)F)cc(C(F)(F)F)c1. The van der Waals surface area contributed by atoms with Crippen LogP contribution in [0.4, 0.5) is 26.3 Å². The number of amides is 1. The Balaban J connectivity index is 1.78. The first-order chi connectivity index (χ1) is 13.5. The number of thiazole rings is 1. The monoisotopic (exact) mass is 431 g/mol. The summed E-state index contributed by atoms with van der Waals surface area (Å²) in [5.74, 6) is -1.07.